The predicted octanol–water partition coefficient (Wildman–Crippen LogP) is 7.63. The van der Waals surface area contributed by atoms with Crippen molar-refractivity contribution in [2.75, 3.05) is 4.90 Å². The quantitative estimate of drug-likeness (QED) is 0.309. The van der Waals surface area contributed by atoms with Crippen molar-refractivity contribution >= 4 is 34.9 Å². The van der Waals surface area contributed by atoms with Gasteiger partial charge in [0.25, 0.3) is 0 Å². The number of hydrogen-bond acceptors (Lipinski definition) is 4. The van der Waals surface area contributed by atoms with E-state index in [0.717, 1.165) is 27.7 Å². The Kier molecular flexibility index (Phi) is 5.12. The number of rotatable bonds is 3. The molecular weight excluding hydrogens is 448 g/mol. The molecule has 4 aromatic rings. The van der Waals surface area contributed by atoms with Gasteiger partial charge in [0.1, 0.15) is 0 Å². The number of benzene rings is 4. The summed E-state index contributed by atoms with van der Waals surface area (Å²) in [6, 6.07) is 37.3. The van der Waals surface area contributed by atoms with E-state index < -0.39 is 5.72 Å². The molecule has 2 atom stereocenters. The van der Waals surface area contributed by atoms with E-state index in [0.29, 0.717) is 6.42 Å². The molecule has 0 aromatic heterocycles. The Balaban J connectivity index is 1.58. The summed E-state index contributed by atoms with van der Waals surface area (Å²) in [5.41, 5.74) is 3.59. The molecule has 0 saturated carbocycles. The van der Waals surface area contributed by atoms with Gasteiger partial charge in [0.2, 0.25) is 5.72 Å². The summed E-state index contributed by atoms with van der Waals surface area (Å²) in [5.74, 6) is 0.819. The topological polar surface area (TPSA) is 24.8 Å². The lowest BCUT2D eigenvalue weighted by Crippen LogP contribution is -2.47. The molecule has 33 heavy (non-hydrogen) atoms. The summed E-state index contributed by atoms with van der Waals surface area (Å²) in [6.45, 7) is 0. The Bertz CT molecular complexity index is 1330. The van der Waals surface area contributed by atoms with E-state index in [-0.39, 0.29) is 5.25 Å². The van der Waals surface area contributed by atoms with Gasteiger partial charge < -0.3 is 4.84 Å². The van der Waals surface area contributed by atoms with Crippen LogP contribution >= 0.6 is 23.4 Å². The Hall–Kier alpha value is -3.21. The van der Waals surface area contributed by atoms with Crippen LogP contribution < -0.4 is 4.90 Å². The fraction of sp³-hybridized carbons (Fsp3) is 0.107. The van der Waals surface area contributed by atoms with Crippen molar-refractivity contribution < 1.29 is 4.84 Å². The Morgan fingerprint density at radius 3 is 2.36 bits per heavy atom. The van der Waals surface area contributed by atoms with Crippen molar-refractivity contribution in [3.8, 4) is 0 Å². The number of oxime groups is 1. The maximum atomic E-state index is 6.48. The lowest BCUT2D eigenvalue weighted by atomic mass is 9.92. The van der Waals surface area contributed by atoms with Crippen LogP contribution in [-0.2, 0) is 10.6 Å². The number of amidine groups is 1. The molecule has 2 unspecified atom stereocenters. The van der Waals surface area contributed by atoms with Crippen LogP contribution in [0.15, 0.2) is 119 Å². The van der Waals surface area contributed by atoms with E-state index in [4.69, 9.17) is 21.6 Å². The molecule has 2 aliphatic rings. The zero-order valence-electron chi connectivity index (χ0n) is 17.8. The monoisotopic (exact) mass is 468 g/mol. The summed E-state index contributed by atoms with van der Waals surface area (Å²) < 4.78 is 0. The molecule has 0 aliphatic carbocycles. The number of anilines is 1. The number of nitrogens with zero attached hydrogens (tertiary/aromatic N) is 2. The second-order valence-electron chi connectivity index (χ2n) is 8.19. The first-order chi connectivity index (χ1) is 16.2. The number of halogens is 1. The van der Waals surface area contributed by atoms with E-state index in [1.165, 1.54) is 10.5 Å². The molecular formula is C28H21ClN2OS. The van der Waals surface area contributed by atoms with Crippen LogP contribution in [0, 0.1) is 0 Å². The van der Waals surface area contributed by atoms with Crippen molar-refractivity contribution in [1.29, 1.82) is 0 Å². The van der Waals surface area contributed by atoms with Gasteiger partial charge in [-0.3, -0.25) is 4.90 Å². The lowest BCUT2D eigenvalue weighted by molar-refractivity contribution is -0.0283. The Morgan fingerprint density at radius 1 is 0.848 bits per heavy atom. The minimum atomic E-state index is -0.779. The van der Waals surface area contributed by atoms with Gasteiger partial charge in [-0.25, -0.2) is 0 Å². The summed E-state index contributed by atoms with van der Waals surface area (Å²) in [6.07, 6.45) is 0.705. The highest BCUT2D eigenvalue weighted by Gasteiger charge is 2.52. The van der Waals surface area contributed by atoms with Crippen LogP contribution in [0.5, 0.6) is 0 Å². The van der Waals surface area contributed by atoms with Crippen molar-refractivity contribution in [3.63, 3.8) is 0 Å². The molecule has 0 amide bonds. The predicted molar refractivity (Wildman–Crippen MR) is 136 cm³/mol. The van der Waals surface area contributed by atoms with Crippen molar-refractivity contribution in [3.05, 3.63) is 131 Å². The fourth-order valence-corrected chi connectivity index (χ4v) is 6.19. The molecule has 0 spiro atoms. The number of thioether (sulfide) groups is 1. The third-order valence-electron chi connectivity index (χ3n) is 6.17. The van der Waals surface area contributed by atoms with Gasteiger partial charge in [0.15, 0.2) is 5.84 Å². The summed E-state index contributed by atoms with van der Waals surface area (Å²) in [4.78, 5) is 9.96. The van der Waals surface area contributed by atoms with Gasteiger partial charge in [-0.15, -0.1) is 11.8 Å². The van der Waals surface area contributed by atoms with E-state index in [1.807, 2.05) is 48.2 Å². The summed E-state index contributed by atoms with van der Waals surface area (Å²) in [7, 11) is 0. The number of fused-ring (bicyclic) bond motifs is 3. The highest BCUT2D eigenvalue weighted by molar-refractivity contribution is 7.99. The van der Waals surface area contributed by atoms with E-state index >= 15 is 0 Å². The molecule has 6 rings (SSSR count). The third-order valence-corrected chi connectivity index (χ3v) is 7.73. The maximum absolute atomic E-state index is 6.48. The SMILES string of the molecule is Clc1cccc(C2CC3(c4ccccc4)ON=C(c4ccccc4)N3c3ccccc3S2)c1. The molecule has 162 valence electrons. The average Bonchev–Trinajstić information content (AvgIpc) is 3.18. The van der Waals surface area contributed by atoms with Crippen LogP contribution in [-0.4, -0.2) is 5.84 Å². The number of hydrogen-bond donors (Lipinski definition) is 0. The molecule has 4 aromatic carbocycles. The molecule has 0 bridgehead atoms. The number of para-hydroxylation sites is 1. The second kappa shape index (κ2) is 8.29. The van der Waals surface area contributed by atoms with Crippen molar-refractivity contribution in [1.82, 2.24) is 0 Å². The molecule has 0 fully saturated rings. The largest absolute Gasteiger partial charge is 0.360 e. The highest BCUT2D eigenvalue weighted by Crippen LogP contribution is 2.56. The van der Waals surface area contributed by atoms with Gasteiger partial charge in [-0.2, -0.15) is 0 Å². The van der Waals surface area contributed by atoms with Gasteiger partial charge in [-0.1, -0.05) is 102 Å². The van der Waals surface area contributed by atoms with Crippen molar-refractivity contribution in [2.45, 2.75) is 22.3 Å². The zero-order chi connectivity index (χ0) is 22.3. The highest BCUT2D eigenvalue weighted by atomic mass is 35.5. The first-order valence-electron chi connectivity index (χ1n) is 10.9. The third kappa shape index (κ3) is 3.50. The summed E-state index contributed by atoms with van der Waals surface area (Å²) >= 11 is 8.25. The van der Waals surface area contributed by atoms with Crippen LogP contribution in [0.2, 0.25) is 5.02 Å². The van der Waals surface area contributed by atoms with E-state index in [2.05, 4.69) is 77.7 Å². The van der Waals surface area contributed by atoms with E-state index in [1.54, 1.807) is 0 Å². The molecule has 2 aliphatic heterocycles. The van der Waals surface area contributed by atoms with E-state index in [9.17, 15) is 0 Å². The molecule has 5 heteroatoms. The van der Waals surface area contributed by atoms with Crippen LogP contribution in [0.1, 0.15) is 28.4 Å². The Morgan fingerprint density at radius 2 is 1.58 bits per heavy atom. The molecule has 0 N–H and O–H groups in total. The first-order valence-corrected chi connectivity index (χ1v) is 12.2. The molecule has 0 radical (unpaired) electrons. The normalized spacial score (nSPS) is 21.4. The van der Waals surface area contributed by atoms with Gasteiger partial charge >= 0.3 is 0 Å². The van der Waals surface area contributed by atoms with Gasteiger partial charge in [0.05, 0.1) is 5.69 Å². The fourth-order valence-electron chi connectivity index (χ4n) is 4.66. The first kappa shape index (κ1) is 20.4. The van der Waals surface area contributed by atoms with Gasteiger partial charge in [0, 0.05) is 32.7 Å². The minimum absolute atomic E-state index is 0.125. The minimum Gasteiger partial charge on any atom is -0.360 e. The maximum Gasteiger partial charge on any atom is 0.242 e. The van der Waals surface area contributed by atoms with Crippen LogP contribution in [0.3, 0.4) is 0 Å². The molecule has 3 nitrogen and oxygen atoms in total. The van der Waals surface area contributed by atoms with Gasteiger partial charge in [-0.05, 0) is 29.8 Å². The molecule has 0 saturated heterocycles. The lowest BCUT2D eigenvalue weighted by Gasteiger charge is -2.37. The zero-order valence-corrected chi connectivity index (χ0v) is 19.3. The van der Waals surface area contributed by atoms with Crippen LogP contribution in [0.4, 0.5) is 5.69 Å². The summed E-state index contributed by atoms with van der Waals surface area (Å²) in [5, 5.41) is 5.56. The second-order valence-corrected chi connectivity index (χ2v) is 9.87. The average molecular weight is 469 g/mol. The smallest absolute Gasteiger partial charge is 0.242 e. The Labute approximate surface area is 202 Å². The molecule has 2 heterocycles. The standard InChI is InChI=1S/C28H21ClN2OS/c29-23-15-9-12-21(18-23)26-19-28(22-13-5-2-6-14-22)31(24-16-7-8-17-25(24)33-26)27(30-32-28)20-10-3-1-4-11-20/h1-18,26H,19H2. The van der Waals surface area contributed by atoms with Crippen LogP contribution in [0.25, 0.3) is 0 Å². The van der Waals surface area contributed by atoms with Crippen molar-refractivity contribution in [2.24, 2.45) is 5.16 Å².